The van der Waals surface area contributed by atoms with Crippen molar-refractivity contribution in [1.29, 1.82) is 0 Å². The Morgan fingerprint density at radius 1 is 1.19 bits per heavy atom. The van der Waals surface area contributed by atoms with Crippen LogP contribution in [0.4, 0.5) is 10.5 Å². The second kappa shape index (κ2) is 7.94. The highest BCUT2D eigenvalue weighted by Gasteiger charge is 2.33. The van der Waals surface area contributed by atoms with Crippen LogP contribution in [0, 0.1) is 0 Å². The predicted octanol–water partition coefficient (Wildman–Crippen LogP) is 2.84. The summed E-state index contributed by atoms with van der Waals surface area (Å²) in [5.74, 6) is -0.0744. The highest BCUT2D eigenvalue weighted by molar-refractivity contribution is 6.34. The van der Waals surface area contributed by atoms with Crippen molar-refractivity contribution in [1.82, 2.24) is 9.80 Å². The van der Waals surface area contributed by atoms with Gasteiger partial charge in [0.1, 0.15) is 5.60 Å². The zero-order valence-corrected chi connectivity index (χ0v) is 16.7. The molecule has 2 heterocycles. The Bertz CT molecular complexity index is 707. The third kappa shape index (κ3) is 5.05. The van der Waals surface area contributed by atoms with Crippen molar-refractivity contribution >= 4 is 29.3 Å². The molecule has 0 atom stereocenters. The number of hydrogen-bond donors (Lipinski definition) is 1. The molecule has 3 rings (SSSR count). The maximum Gasteiger partial charge on any atom is 0.410 e. The third-order valence-corrected chi connectivity index (χ3v) is 4.71. The molecule has 2 fully saturated rings. The van der Waals surface area contributed by atoms with E-state index in [0.29, 0.717) is 50.0 Å². The van der Waals surface area contributed by atoms with Gasteiger partial charge in [-0.1, -0.05) is 11.6 Å². The van der Waals surface area contributed by atoms with E-state index in [2.05, 4.69) is 5.32 Å². The molecule has 0 aromatic heterocycles. The summed E-state index contributed by atoms with van der Waals surface area (Å²) in [4.78, 5) is 27.9. The maximum atomic E-state index is 12.6. The highest BCUT2D eigenvalue weighted by atomic mass is 35.5. The molecule has 0 bridgehead atoms. The number of likely N-dealkylation sites (tertiary alicyclic amines) is 1. The number of rotatable bonds is 3. The summed E-state index contributed by atoms with van der Waals surface area (Å²) in [7, 11) is 0. The van der Waals surface area contributed by atoms with Crippen molar-refractivity contribution < 1.29 is 19.1 Å². The molecule has 8 heteroatoms. The van der Waals surface area contributed by atoms with Gasteiger partial charge in [-0.05, 0) is 39.0 Å². The summed E-state index contributed by atoms with van der Waals surface area (Å²) in [5.41, 5.74) is 0.826. The number of halogens is 1. The average Bonchev–Trinajstić information content (AvgIpc) is 2.56. The molecule has 148 valence electrons. The highest BCUT2D eigenvalue weighted by Crippen LogP contribution is 2.25. The third-order valence-electron chi connectivity index (χ3n) is 4.40. The molecule has 0 spiro atoms. The van der Waals surface area contributed by atoms with Crippen LogP contribution in [0.2, 0.25) is 5.02 Å². The van der Waals surface area contributed by atoms with Crippen LogP contribution >= 0.6 is 11.6 Å². The van der Waals surface area contributed by atoms with Gasteiger partial charge in [-0.2, -0.15) is 0 Å². The minimum Gasteiger partial charge on any atom is -0.444 e. The molecule has 0 radical (unpaired) electrons. The molecule has 0 aliphatic carbocycles. The van der Waals surface area contributed by atoms with Crippen molar-refractivity contribution in [3.05, 3.63) is 28.8 Å². The Kier molecular flexibility index (Phi) is 5.81. The zero-order chi connectivity index (χ0) is 19.6. The second-order valence-corrected chi connectivity index (χ2v) is 8.23. The second-order valence-electron chi connectivity index (χ2n) is 7.83. The number of hydrogen-bond acceptors (Lipinski definition) is 5. The predicted molar refractivity (Wildman–Crippen MR) is 103 cm³/mol. The van der Waals surface area contributed by atoms with Crippen molar-refractivity contribution in [2.45, 2.75) is 32.4 Å². The van der Waals surface area contributed by atoms with E-state index in [-0.39, 0.29) is 18.0 Å². The number of amides is 2. The molecule has 2 amide bonds. The van der Waals surface area contributed by atoms with Crippen molar-refractivity contribution in [3.8, 4) is 0 Å². The first-order chi connectivity index (χ1) is 12.7. The standard InChI is InChI=1S/C19H26ClN3O4/c1-19(2,3)27-18(25)23-11-14(12-23)21-13-4-5-15(16(20)10-13)17(24)22-6-8-26-9-7-22/h4-5,10,14,21H,6-9,11-12H2,1-3H3. The normalized spacial score (nSPS) is 18.1. The SMILES string of the molecule is CC(C)(C)OC(=O)N1CC(Nc2ccc(C(=O)N3CCOCC3)c(Cl)c2)C1. The van der Waals surface area contributed by atoms with E-state index < -0.39 is 5.60 Å². The molecule has 1 aromatic carbocycles. The van der Waals surface area contributed by atoms with Gasteiger partial charge in [0.2, 0.25) is 0 Å². The van der Waals surface area contributed by atoms with E-state index in [4.69, 9.17) is 21.1 Å². The summed E-state index contributed by atoms with van der Waals surface area (Å²) in [6.45, 7) is 8.96. The molecule has 1 aromatic rings. The molecule has 27 heavy (non-hydrogen) atoms. The number of anilines is 1. The van der Waals surface area contributed by atoms with Crippen LogP contribution in [0.25, 0.3) is 0 Å². The Morgan fingerprint density at radius 2 is 1.85 bits per heavy atom. The van der Waals surface area contributed by atoms with E-state index in [1.54, 1.807) is 21.9 Å². The number of nitrogens with one attached hydrogen (secondary N) is 1. The number of morpholine rings is 1. The lowest BCUT2D eigenvalue weighted by Gasteiger charge is -2.40. The van der Waals surface area contributed by atoms with E-state index in [0.717, 1.165) is 5.69 Å². The fraction of sp³-hybridized carbons (Fsp3) is 0.579. The van der Waals surface area contributed by atoms with Gasteiger partial charge in [0.05, 0.1) is 29.8 Å². The molecular formula is C19H26ClN3O4. The number of benzene rings is 1. The summed E-state index contributed by atoms with van der Waals surface area (Å²) in [6, 6.07) is 5.47. The van der Waals surface area contributed by atoms with Crippen LogP contribution in [0.3, 0.4) is 0 Å². The van der Waals surface area contributed by atoms with E-state index in [9.17, 15) is 9.59 Å². The molecule has 1 N–H and O–H groups in total. The van der Waals surface area contributed by atoms with Crippen LogP contribution in [0.15, 0.2) is 18.2 Å². The number of carbonyl (C=O) groups excluding carboxylic acids is 2. The summed E-state index contributed by atoms with van der Waals surface area (Å²) >= 11 is 6.34. The first-order valence-electron chi connectivity index (χ1n) is 9.14. The molecule has 2 aliphatic heterocycles. The number of ether oxygens (including phenoxy) is 2. The Balaban J connectivity index is 1.53. The van der Waals surface area contributed by atoms with Crippen LogP contribution in [0.5, 0.6) is 0 Å². The molecule has 2 aliphatic rings. The van der Waals surface area contributed by atoms with Crippen LogP contribution < -0.4 is 5.32 Å². The maximum absolute atomic E-state index is 12.6. The Morgan fingerprint density at radius 3 is 2.44 bits per heavy atom. The van der Waals surface area contributed by atoms with Crippen molar-refractivity contribution in [2.75, 3.05) is 44.7 Å². The quantitative estimate of drug-likeness (QED) is 0.852. The zero-order valence-electron chi connectivity index (χ0n) is 16.0. The van der Waals surface area contributed by atoms with E-state index >= 15 is 0 Å². The Labute approximate surface area is 164 Å². The van der Waals surface area contributed by atoms with Gasteiger partial charge < -0.3 is 24.6 Å². The topological polar surface area (TPSA) is 71.1 Å². The van der Waals surface area contributed by atoms with Gasteiger partial charge >= 0.3 is 6.09 Å². The first-order valence-corrected chi connectivity index (χ1v) is 9.52. The van der Waals surface area contributed by atoms with Crippen LogP contribution in [-0.2, 0) is 9.47 Å². The summed E-state index contributed by atoms with van der Waals surface area (Å²) in [6.07, 6.45) is -0.301. The smallest absolute Gasteiger partial charge is 0.410 e. The molecular weight excluding hydrogens is 370 g/mol. The lowest BCUT2D eigenvalue weighted by Crippen LogP contribution is -2.57. The molecule has 0 unspecified atom stereocenters. The molecule has 0 saturated carbocycles. The monoisotopic (exact) mass is 395 g/mol. The van der Waals surface area contributed by atoms with Crippen molar-refractivity contribution in [3.63, 3.8) is 0 Å². The number of nitrogens with zero attached hydrogens (tertiary/aromatic N) is 2. The van der Waals surface area contributed by atoms with E-state index in [1.165, 1.54) is 0 Å². The van der Waals surface area contributed by atoms with Gasteiger partial charge in [-0.3, -0.25) is 4.79 Å². The lowest BCUT2D eigenvalue weighted by atomic mass is 10.1. The number of carbonyl (C=O) groups is 2. The van der Waals surface area contributed by atoms with Crippen LogP contribution in [-0.4, -0.2) is 72.8 Å². The van der Waals surface area contributed by atoms with Gasteiger partial charge in [0.25, 0.3) is 5.91 Å². The van der Waals surface area contributed by atoms with Gasteiger partial charge in [0, 0.05) is 31.9 Å². The minimum absolute atomic E-state index is 0.0744. The van der Waals surface area contributed by atoms with Gasteiger partial charge in [0.15, 0.2) is 0 Å². The summed E-state index contributed by atoms with van der Waals surface area (Å²) < 4.78 is 10.6. The Hall–Kier alpha value is -1.99. The first kappa shape index (κ1) is 19.8. The van der Waals surface area contributed by atoms with Gasteiger partial charge in [-0.25, -0.2) is 4.79 Å². The largest absolute Gasteiger partial charge is 0.444 e. The summed E-state index contributed by atoms with van der Waals surface area (Å²) in [5, 5.41) is 3.75. The fourth-order valence-corrected chi connectivity index (χ4v) is 3.26. The molecule has 2 saturated heterocycles. The van der Waals surface area contributed by atoms with E-state index in [1.807, 2.05) is 26.8 Å². The van der Waals surface area contributed by atoms with Crippen LogP contribution in [0.1, 0.15) is 31.1 Å². The van der Waals surface area contributed by atoms with Gasteiger partial charge in [-0.15, -0.1) is 0 Å². The molecule has 7 nitrogen and oxygen atoms in total. The lowest BCUT2D eigenvalue weighted by molar-refractivity contribution is 0.0105. The van der Waals surface area contributed by atoms with Crippen molar-refractivity contribution in [2.24, 2.45) is 0 Å². The average molecular weight is 396 g/mol. The minimum atomic E-state index is -0.494. The fourth-order valence-electron chi connectivity index (χ4n) is 3.00.